The zero-order valence-corrected chi connectivity index (χ0v) is 6.69. The SMILES string of the molecule is [C-]#[N+]c1ccc(NCC(=O)O)nc1. The smallest absolute Gasteiger partial charge is 0.322 e. The summed E-state index contributed by atoms with van der Waals surface area (Å²) in [6, 6.07) is 3.14. The van der Waals surface area contributed by atoms with E-state index < -0.39 is 5.97 Å². The number of carboxylic acids is 1. The zero-order chi connectivity index (χ0) is 9.68. The maximum Gasteiger partial charge on any atom is 0.322 e. The van der Waals surface area contributed by atoms with Crippen molar-refractivity contribution < 1.29 is 9.90 Å². The van der Waals surface area contributed by atoms with Crippen LogP contribution < -0.4 is 5.32 Å². The topological polar surface area (TPSA) is 66.6 Å². The molecule has 13 heavy (non-hydrogen) atoms. The summed E-state index contributed by atoms with van der Waals surface area (Å²) in [5.41, 5.74) is 0.431. The summed E-state index contributed by atoms with van der Waals surface area (Å²) in [5.74, 6) is -0.495. The first-order valence-corrected chi connectivity index (χ1v) is 3.51. The van der Waals surface area contributed by atoms with Crippen LogP contribution in [-0.2, 0) is 4.79 Å². The Balaban J connectivity index is 2.60. The number of pyridine rings is 1. The Labute approximate surface area is 74.9 Å². The quantitative estimate of drug-likeness (QED) is 0.679. The average Bonchev–Trinajstić information content (AvgIpc) is 2.15. The number of hydrogen-bond acceptors (Lipinski definition) is 3. The normalized spacial score (nSPS) is 8.85. The first-order valence-electron chi connectivity index (χ1n) is 3.51. The van der Waals surface area contributed by atoms with Gasteiger partial charge in [0.25, 0.3) is 0 Å². The van der Waals surface area contributed by atoms with Gasteiger partial charge in [0.05, 0.1) is 6.57 Å². The summed E-state index contributed by atoms with van der Waals surface area (Å²) in [5, 5.41) is 10.9. The van der Waals surface area contributed by atoms with Crippen molar-refractivity contribution in [2.45, 2.75) is 0 Å². The third-order valence-electron chi connectivity index (χ3n) is 1.30. The predicted octanol–water partition coefficient (Wildman–Crippen LogP) is 1.13. The molecule has 0 spiro atoms. The maximum absolute atomic E-state index is 10.2. The molecule has 0 saturated carbocycles. The lowest BCUT2D eigenvalue weighted by Crippen LogP contribution is -2.12. The van der Waals surface area contributed by atoms with Crippen LogP contribution in [0.5, 0.6) is 0 Å². The number of rotatable bonds is 3. The van der Waals surface area contributed by atoms with Gasteiger partial charge in [0, 0.05) is 6.20 Å². The molecule has 0 aromatic carbocycles. The molecule has 0 aliphatic carbocycles. The molecule has 0 atom stereocenters. The van der Waals surface area contributed by atoms with Crippen LogP contribution in [0.25, 0.3) is 4.85 Å². The number of carbonyl (C=O) groups is 1. The Bertz CT molecular complexity index is 339. The molecule has 0 bridgehead atoms. The van der Waals surface area contributed by atoms with Crippen molar-refractivity contribution in [2.24, 2.45) is 0 Å². The molecule has 2 N–H and O–H groups in total. The first kappa shape index (κ1) is 9.00. The van der Waals surface area contributed by atoms with Gasteiger partial charge < -0.3 is 10.4 Å². The van der Waals surface area contributed by atoms with Crippen molar-refractivity contribution in [1.29, 1.82) is 0 Å². The van der Waals surface area contributed by atoms with E-state index in [0.29, 0.717) is 11.5 Å². The van der Waals surface area contributed by atoms with Crippen molar-refractivity contribution in [1.82, 2.24) is 4.98 Å². The Morgan fingerprint density at radius 2 is 2.46 bits per heavy atom. The highest BCUT2D eigenvalue weighted by molar-refractivity contribution is 5.72. The molecular formula is C8H7N3O2. The minimum absolute atomic E-state index is 0.176. The minimum Gasteiger partial charge on any atom is -0.480 e. The van der Waals surface area contributed by atoms with Crippen molar-refractivity contribution in [3.05, 3.63) is 29.7 Å². The fourth-order valence-electron chi connectivity index (χ4n) is 0.723. The number of aliphatic carboxylic acids is 1. The first-order chi connectivity index (χ1) is 6.22. The highest BCUT2D eigenvalue weighted by Gasteiger charge is 1.97. The van der Waals surface area contributed by atoms with E-state index in [1.54, 1.807) is 12.1 Å². The number of hydrogen-bond donors (Lipinski definition) is 2. The van der Waals surface area contributed by atoms with Gasteiger partial charge in [-0.3, -0.25) is 9.78 Å². The van der Waals surface area contributed by atoms with E-state index in [2.05, 4.69) is 15.1 Å². The number of carboxylic acid groups (broad SMARTS) is 1. The van der Waals surface area contributed by atoms with Crippen LogP contribution in [0.2, 0.25) is 0 Å². The molecule has 0 fully saturated rings. The molecular weight excluding hydrogens is 170 g/mol. The van der Waals surface area contributed by atoms with Gasteiger partial charge in [-0.1, -0.05) is 6.07 Å². The molecule has 1 heterocycles. The average molecular weight is 177 g/mol. The largest absolute Gasteiger partial charge is 0.480 e. The van der Waals surface area contributed by atoms with Gasteiger partial charge in [0.15, 0.2) is 0 Å². The van der Waals surface area contributed by atoms with E-state index in [0.717, 1.165) is 0 Å². The van der Waals surface area contributed by atoms with Gasteiger partial charge in [-0.25, -0.2) is 4.85 Å². The molecule has 1 aromatic rings. The summed E-state index contributed by atoms with van der Waals surface area (Å²) in [4.78, 5) is 17.1. The van der Waals surface area contributed by atoms with Crippen LogP contribution in [-0.4, -0.2) is 22.6 Å². The summed E-state index contributed by atoms with van der Waals surface area (Å²) >= 11 is 0. The third-order valence-corrected chi connectivity index (χ3v) is 1.30. The second-order valence-corrected chi connectivity index (χ2v) is 2.26. The summed E-state index contributed by atoms with van der Waals surface area (Å²) in [6.45, 7) is 6.48. The Morgan fingerprint density at radius 3 is 2.92 bits per heavy atom. The van der Waals surface area contributed by atoms with Crippen LogP contribution in [0.3, 0.4) is 0 Å². The van der Waals surface area contributed by atoms with Crippen molar-refractivity contribution in [3.63, 3.8) is 0 Å². The molecule has 66 valence electrons. The predicted molar refractivity (Wildman–Crippen MR) is 46.6 cm³/mol. The van der Waals surface area contributed by atoms with Crippen LogP contribution >= 0.6 is 0 Å². The third kappa shape index (κ3) is 2.79. The lowest BCUT2D eigenvalue weighted by Gasteiger charge is -2.00. The molecule has 0 saturated heterocycles. The fraction of sp³-hybridized carbons (Fsp3) is 0.125. The van der Waals surface area contributed by atoms with Crippen molar-refractivity contribution in [2.75, 3.05) is 11.9 Å². The number of nitrogens with one attached hydrogen (secondary N) is 1. The fourth-order valence-corrected chi connectivity index (χ4v) is 0.723. The van der Waals surface area contributed by atoms with Gasteiger partial charge in [-0.15, -0.1) is 0 Å². The highest BCUT2D eigenvalue weighted by Crippen LogP contribution is 2.11. The van der Waals surface area contributed by atoms with Crippen molar-refractivity contribution >= 4 is 17.5 Å². The van der Waals surface area contributed by atoms with Crippen LogP contribution in [0.4, 0.5) is 11.5 Å². The monoisotopic (exact) mass is 177 g/mol. The Kier molecular flexibility index (Phi) is 2.82. The lowest BCUT2D eigenvalue weighted by atomic mass is 10.4. The van der Waals surface area contributed by atoms with E-state index >= 15 is 0 Å². The van der Waals surface area contributed by atoms with Crippen LogP contribution in [0.1, 0.15) is 0 Å². The van der Waals surface area contributed by atoms with Gasteiger partial charge in [-0.2, -0.15) is 0 Å². The number of aromatic nitrogens is 1. The molecule has 0 unspecified atom stereocenters. The van der Waals surface area contributed by atoms with Crippen LogP contribution in [0.15, 0.2) is 18.3 Å². The van der Waals surface area contributed by atoms with E-state index in [1.807, 2.05) is 0 Å². The Hall–Kier alpha value is -2.09. The van der Waals surface area contributed by atoms with Gasteiger partial charge in [0.1, 0.15) is 12.4 Å². The number of nitrogens with zero attached hydrogens (tertiary/aromatic N) is 2. The lowest BCUT2D eigenvalue weighted by molar-refractivity contribution is -0.134. The van der Waals surface area contributed by atoms with Gasteiger partial charge in [-0.05, 0) is 6.07 Å². The zero-order valence-electron chi connectivity index (χ0n) is 6.69. The summed E-state index contributed by atoms with van der Waals surface area (Å²) in [7, 11) is 0. The standard InChI is InChI=1S/C8H7N3O2/c1-9-6-2-3-7(10-4-6)11-5-8(12)13/h2-4H,5H2,(H,10,11)(H,12,13). The molecule has 0 amide bonds. The van der Waals surface area contributed by atoms with E-state index in [9.17, 15) is 4.79 Å². The molecule has 0 aliphatic rings. The van der Waals surface area contributed by atoms with E-state index in [4.69, 9.17) is 11.7 Å². The molecule has 0 radical (unpaired) electrons. The second kappa shape index (κ2) is 4.07. The molecule has 5 heteroatoms. The Morgan fingerprint density at radius 1 is 1.69 bits per heavy atom. The van der Waals surface area contributed by atoms with Crippen molar-refractivity contribution in [3.8, 4) is 0 Å². The maximum atomic E-state index is 10.2. The highest BCUT2D eigenvalue weighted by atomic mass is 16.4. The van der Waals surface area contributed by atoms with Gasteiger partial charge >= 0.3 is 5.97 Å². The molecule has 1 rings (SSSR count). The van der Waals surface area contributed by atoms with Crippen LogP contribution in [0, 0.1) is 6.57 Å². The summed E-state index contributed by atoms with van der Waals surface area (Å²) < 4.78 is 0. The van der Waals surface area contributed by atoms with E-state index in [-0.39, 0.29) is 6.54 Å². The van der Waals surface area contributed by atoms with Gasteiger partial charge in [0.2, 0.25) is 5.69 Å². The summed E-state index contributed by atoms with van der Waals surface area (Å²) in [6.07, 6.45) is 1.39. The second-order valence-electron chi connectivity index (χ2n) is 2.26. The number of anilines is 1. The molecule has 5 nitrogen and oxygen atoms in total. The van der Waals surface area contributed by atoms with E-state index in [1.165, 1.54) is 6.20 Å². The minimum atomic E-state index is -0.948. The molecule has 1 aromatic heterocycles. The molecule has 0 aliphatic heterocycles.